The van der Waals surface area contributed by atoms with Crippen molar-refractivity contribution in [3.8, 4) is 11.6 Å². The van der Waals surface area contributed by atoms with Crippen molar-refractivity contribution in [2.24, 2.45) is 0 Å². The first-order valence-corrected chi connectivity index (χ1v) is 6.10. The quantitative estimate of drug-likeness (QED) is 0.698. The van der Waals surface area contributed by atoms with E-state index in [9.17, 15) is 4.79 Å². The van der Waals surface area contributed by atoms with Crippen LogP contribution in [0.15, 0.2) is 39.6 Å². The molecule has 3 N–H and O–H groups in total. The van der Waals surface area contributed by atoms with Crippen molar-refractivity contribution in [3.63, 3.8) is 0 Å². The Kier molecular flexibility index (Phi) is 2.71. The van der Waals surface area contributed by atoms with Crippen molar-refractivity contribution in [1.29, 1.82) is 0 Å². The zero-order valence-electron chi connectivity index (χ0n) is 9.50. The van der Waals surface area contributed by atoms with E-state index in [1.807, 2.05) is 0 Å². The van der Waals surface area contributed by atoms with Gasteiger partial charge in [0.2, 0.25) is 5.88 Å². The Morgan fingerprint density at radius 3 is 3.00 bits per heavy atom. The van der Waals surface area contributed by atoms with Gasteiger partial charge in [-0.2, -0.15) is 9.61 Å². The zero-order valence-corrected chi connectivity index (χ0v) is 11.1. The summed E-state index contributed by atoms with van der Waals surface area (Å²) in [6, 6.07) is 8.42. The molecule has 0 aliphatic rings. The smallest absolute Gasteiger partial charge is 0.364 e. The van der Waals surface area contributed by atoms with Gasteiger partial charge in [-0.15, -0.1) is 5.10 Å². The Morgan fingerprint density at radius 2 is 2.16 bits per heavy atom. The first-order valence-electron chi connectivity index (χ1n) is 5.31. The molecule has 0 unspecified atom stereocenters. The van der Waals surface area contributed by atoms with E-state index in [1.165, 1.54) is 0 Å². The van der Waals surface area contributed by atoms with Gasteiger partial charge in [0.05, 0.1) is 4.47 Å². The van der Waals surface area contributed by atoms with E-state index >= 15 is 0 Å². The number of rotatable bonds is 2. The minimum Gasteiger partial charge on any atom is -0.436 e. The van der Waals surface area contributed by atoms with E-state index in [2.05, 4.69) is 31.2 Å². The number of benzene rings is 1. The van der Waals surface area contributed by atoms with Gasteiger partial charge in [0.25, 0.3) is 0 Å². The minimum atomic E-state index is -0.424. The third-order valence-corrected chi connectivity index (χ3v) is 3.07. The van der Waals surface area contributed by atoms with Crippen LogP contribution in [-0.4, -0.2) is 19.8 Å². The molecule has 19 heavy (non-hydrogen) atoms. The van der Waals surface area contributed by atoms with E-state index in [0.29, 0.717) is 17.1 Å². The summed E-state index contributed by atoms with van der Waals surface area (Å²) in [7, 11) is 0. The fourth-order valence-corrected chi connectivity index (χ4v) is 1.88. The Hall–Kier alpha value is -2.35. The van der Waals surface area contributed by atoms with Gasteiger partial charge in [0, 0.05) is 17.8 Å². The molecule has 3 rings (SSSR count). The molecule has 0 aliphatic carbocycles. The lowest BCUT2D eigenvalue weighted by Crippen LogP contribution is -2.12. The summed E-state index contributed by atoms with van der Waals surface area (Å²) < 4.78 is 7.44. The number of nitrogen functional groups attached to an aromatic ring is 1. The molecule has 0 bridgehead atoms. The Labute approximate surface area is 115 Å². The van der Waals surface area contributed by atoms with Crippen LogP contribution < -0.4 is 16.2 Å². The van der Waals surface area contributed by atoms with E-state index in [1.54, 1.807) is 30.3 Å². The van der Waals surface area contributed by atoms with Crippen molar-refractivity contribution >= 4 is 27.3 Å². The van der Waals surface area contributed by atoms with Gasteiger partial charge >= 0.3 is 5.69 Å². The zero-order chi connectivity index (χ0) is 13.4. The molecule has 8 heteroatoms. The standard InChI is InChI=1S/C11H8BrN5O2/c12-7-2-1-6(13)5-8(7)19-10-4-3-9-14-15-11(18)17(9)16-10/h1-5H,13H2,(H,15,18). The van der Waals surface area contributed by atoms with Crippen LogP contribution in [0.4, 0.5) is 5.69 Å². The highest BCUT2D eigenvalue weighted by atomic mass is 79.9. The molecule has 2 aromatic heterocycles. The number of hydrogen-bond acceptors (Lipinski definition) is 5. The van der Waals surface area contributed by atoms with Crippen molar-refractivity contribution in [2.45, 2.75) is 0 Å². The molecule has 0 fully saturated rings. The summed E-state index contributed by atoms with van der Waals surface area (Å²) in [5.41, 5.74) is 6.25. The van der Waals surface area contributed by atoms with E-state index < -0.39 is 5.69 Å². The number of aromatic nitrogens is 4. The number of halogens is 1. The molecular formula is C11H8BrN5O2. The Bertz CT molecular complexity index is 810. The van der Waals surface area contributed by atoms with Crippen LogP contribution in [0.3, 0.4) is 0 Å². The number of fused-ring (bicyclic) bond motifs is 1. The summed E-state index contributed by atoms with van der Waals surface area (Å²) >= 11 is 3.35. The first kappa shape index (κ1) is 11.7. The Balaban J connectivity index is 2.03. The lowest BCUT2D eigenvalue weighted by atomic mass is 10.3. The van der Waals surface area contributed by atoms with Gasteiger partial charge in [-0.25, -0.2) is 9.89 Å². The lowest BCUT2D eigenvalue weighted by molar-refractivity contribution is 0.449. The van der Waals surface area contributed by atoms with Crippen LogP contribution in [0, 0.1) is 0 Å². The van der Waals surface area contributed by atoms with Crippen LogP contribution >= 0.6 is 15.9 Å². The van der Waals surface area contributed by atoms with Gasteiger partial charge in [0.1, 0.15) is 5.75 Å². The van der Waals surface area contributed by atoms with Crippen molar-refractivity contribution in [2.75, 3.05) is 5.73 Å². The largest absolute Gasteiger partial charge is 0.436 e. The van der Waals surface area contributed by atoms with E-state index in [0.717, 1.165) is 8.99 Å². The van der Waals surface area contributed by atoms with Gasteiger partial charge in [-0.1, -0.05) is 0 Å². The van der Waals surface area contributed by atoms with Crippen LogP contribution in [0.5, 0.6) is 11.6 Å². The van der Waals surface area contributed by atoms with Gasteiger partial charge in [-0.3, -0.25) is 0 Å². The molecule has 7 nitrogen and oxygen atoms in total. The van der Waals surface area contributed by atoms with Crippen LogP contribution in [0.25, 0.3) is 5.65 Å². The molecule has 3 aromatic rings. The monoisotopic (exact) mass is 321 g/mol. The highest BCUT2D eigenvalue weighted by Gasteiger charge is 2.07. The highest BCUT2D eigenvalue weighted by molar-refractivity contribution is 9.10. The molecule has 0 saturated carbocycles. The second-order valence-electron chi connectivity index (χ2n) is 3.76. The molecule has 1 aromatic carbocycles. The molecule has 2 heterocycles. The molecule has 0 amide bonds. The summed E-state index contributed by atoms with van der Waals surface area (Å²) in [4.78, 5) is 11.4. The molecule has 0 aliphatic heterocycles. The SMILES string of the molecule is Nc1ccc(Br)c(Oc2ccc3n[nH]c(=O)n3n2)c1. The molecule has 0 saturated heterocycles. The summed E-state index contributed by atoms with van der Waals surface area (Å²) in [6.45, 7) is 0. The van der Waals surface area contributed by atoms with E-state index in [4.69, 9.17) is 10.5 Å². The minimum absolute atomic E-state index is 0.266. The van der Waals surface area contributed by atoms with Crippen molar-refractivity contribution in [1.82, 2.24) is 19.8 Å². The summed E-state index contributed by atoms with van der Waals surface area (Å²) in [5, 5.41) is 10.1. The van der Waals surface area contributed by atoms with Crippen LogP contribution in [0.2, 0.25) is 0 Å². The molecular weight excluding hydrogens is 314 g/mol. The number of nitrogens with zero attached hydrogens (tertiary/aromatic N) is 3. The first-order chi connectivity index (χ1) is 9.13. The maximum absolute atomic E-state index is 11.4. The predicted octanol–water partition coefficient (Wildman–Crippen LogP) is 1.55. The summed E-state index contributed by atoms with van der Waals surface area (Å²) in [5.74, 6) is 0.783. The average Bonchev–Trinajstić information content (AvgIpc) is 2.76. The molecule has 0 spiro atoms. The second kappa shape index (κ2) is 4.39. The van der Waals surface area contributed by atoms with Gasteiger partial charge in [-0.05, 0) is 34.1 Å². The maximum Gasteiger partial charge on any atom is 0.364 e. The fraction of sp³-hybridized carbons (Fsp3) is 0. The number of aromatic amines is 1. The van der Waals surface area contributed by atoms with Gasteiger partial charge < -0.3 is 10.5 Å². The van der Waals surface area contributed by atoms with Gasteiger partial charge in [0.15, 0.2) is 5.65 Å². The normalized spacial score (nSPS) is 10.8. The van der Waals surface area contributed by atoms with Crippen molar-refractivity contribution in [3.05, 3.63) is 45.3 Å². The lowest BCUT2D eigenvalue weighted by Gasteiger charge is -2.07. The number of anilines is 1. The van der Waals surface area contributed by atoms with E-state index in [-0.39, 0.29) is 5.88 Å². The molecule has 0 radical (unpaired) electrons. The maximum atomic E-state index is 11.4. The fourth-order valence-electron chi connectivity index (χ4n) is 1.55. The number of nitrogens with two attached hydrogens (primary N) is 1. The average molecular weight is 322 g/mol. The summed E-state index contributed by atoms with van der Waals surface area (Å²) in [6.07, 6.45) is 0. The number of ether oxygens (including phenoxy) is 1. The molecule has 0 atom stereocenters. The topological polar surface area (TPSA) is 98.3 Å². The van der Waals surface area contributed by atoms with Crippen LogP contribution in [-0.2, 0) is 0 Å². The number of H-pyrrole nitrogens is 1. The van der Waals surface area contributed by atoms with Crippen LogP contribution in [0.1, 0.15) is 0 Å². The highest BCUT2D eigenvalue weighted by Crippen LogP contribution is 2.30. The predicted molar refractivity (Wildman–Crippen MR) is 72.2 cm³/mol. The molecule has 96 valence electrons. The second-order valence-corrected chi connectivity index (χ2v) is 4.62. The number of hydrogen-bond donors (Lipinski definition) is 2. The Morgan fingerprint density at radius 1 is 1.32 bits per heavy atom. The van der Waals surface area contributed by atoms with Crippen molar-refractivity contribution < 1.29 is 4.74 Å². The number of nitrogens with one attached hydrogen (secondary N) is 1. The third-order valence-electron chi connectivity index (χ3n) is 2.42. The third kappa shape index (κ3) is 2.17.